The third-order valence-corrected chi connectivity index (χ3v) is 7.99. The smallest absolute Gasteiger partial charge is 0.393 e. The summed E-state index contributed by atoms with van der Waals surface area (Å²) in [5, 5.41) is 6.52. The number of anilines is 2. The summed E-state index contributed by atoms with van der Waals surface area (Å²) in [7, 11) is 1.33. The number of nitrogen functional groups attached to an aromatic ring is 1. The standard InChI is InChI=1S/C22H25F4N7O2.C7H12FN.C2H6/c1-10-4-5-28-6-7-29-19-15-18(32-21(33-19)34-3)16(23)17(31-20(15)35-10)12-8-14(27)30-11(2)13(12)9-22(24,25)26;8-6-4-7-2-1-3-9(7)5-6;1-2/h8,10,28H,4-7,9H2,1-3H3,(H2,27,30)(H,29,32,33);6-7H,1-5H2;1-2H3. The molecule has 0 saturated carbocycles. The molecule has 254 valence electrons. The number of nitrogens with zero attached hydrogens (tertiary/aromatic N) is 5. The van der Waals surface area contributed by atoms with Gasteiger partial charge in [-0.15, -0.1) is 0 Å². The number of methoxy groups -OCH3 is 1. The van der Waals surface area contributed by atoms with E-state index < -0.39 is 24.6 Å². The minimum Gasteiger partial charge on any atom is -0.474 e. The van der Waals surface area contributed by atoms with Gasteiger partial charge in [-0.2, -0.15) is 23.1 Å². The van der Waals surface area contributed by atoms with Gasteiger partial charge in [-0.1, -0.05) is 13.8 Å². The molecule has 4 N–H and O–H groups in total. The van der Waals surface area contributed by atoms with E-state index in [1.54, 1.807) is 0 Å². The molecule has 0 spiro atoms. The van der Waals surface area contributed by atoms with Crippen molar-refractivity contribution < 1.29 is 31.4 Å². The summed E-state index contributed by atoms with van der Waals surface area (Å²) < 4.78 is 80.0. The second-order valence-corrected chi connectivity index (χ2v) is 11.3. The molecule has 3 aromatic heterocycles. The molecule has 0 aliphatic carbocycles. The number of halogens is 5. The minimum absolute atomic E-state index is 0.0121. The number of nitrogens with one attached hydrogen (secondary N) is 2. The number of aromatic nitrogens is 4. The van der Waals surface area contributed by atoms with Crippen LogP contribution >= 0.6 is 0 Å². The maximum absolute atomic E-state index is 16.0. The molecule has 3 aliphatic rings. The molecule has 0 aromatic carbocycles. The van der Waals surface area contributed by atoms with Crippen LogP contribution in [0.25, 0.3) is 22.2 Å². The number of fused-ring (bicyclic) bond motifs is 1. The summed E-state index contributed by atoms with van der Waals surface area (Å²) >= 11 is 0. The lowest BCUT2D eigenvalue weighted by Gasteiger charge is -2.20. The molecule has 0 bridgehead atoms. The fourth-order valence-electron chi connectivity index (χ4n) is 5.94. The van der Waals surface area contributed by atoms with E-state index in [-0.39, 0.29) is 63.0 Å². The van der Waals surface area contributed by atoms with Gasteiger partial charge in [0.25, 0.3) is 0 Å². The molecule has 3 aliphatic heterocycles. The highest BCUT2D eigenvalue weighted by atomic mass is 19.4. The first-order valence-corrected chi connectivity index (χ1v) is 15.7. The van der Waals surface area contributed by atoms with Gasteiger partial charge in [-0.3, -0.25) is 4.90 Å². The highest BCUT2D eigenvalue weighted by Gasteiger charge is 2.35. The number of ether oxygens (including phenoxy) is 2. The Labute approximate surface area is 265 Å². The van der Waals surface area contributed by atoms with Crippen molar-refractivity contribution >= 4 is 22.5 Å². The van der Waals surface area contributed by atoms with Crippen LogP contribution in [-0.4, -0.2) is 89.2 Å². The lowest BCUT2D eigenvalue weighted by atomic mass is 9.99. The van der Waals surface area contributed by atoms with Crippen LogP contribution in [0.4, 0.5) is 33.6 Å². The second kappa shape index (κ2) is 15.3. The molecule has 2 saturated heterocycles. The number of nitrogens with two attached hydrogens (primary N) is 1. The molecule has 3 atom stereocenters. The predicted octanol–water partition coefficient (Wildman–Crippen LogP) is 5.62. The maximum Gasteiger partial charge on any atom is 0.393 e. The predicted molar refractivity (Wildman–Crippen MR) is 168 cm³/mol. The molecular weight excluding hydrogens is 611 g/mol. The molecule has 3 unspecified atom stereocenters. The van der Waals surface area contributed by atoms with Crippen molar-refractivity contribution in [2.24, 2.45) is 0 Å². The number of pyridine rings is 2. The van der Waals surface area contributed by atoms with Gasteiger partial charge in [0, 0.05) is 36.9 Å². The van der Waals surface area contributed by atoms with E-state index in [1.807, 2.05) is 20.8 Å². The van der Waals surface area contributed by atoms with Gasteiger partial charge in [-0.25, -0.2) is 18.7 Å². The molecular formula is C31H43F5N8O2. The molecule has 3 aromatic rings. The van der Waals surface area contributed by atoms with Crippen molar-refractivity contribution in [1.29, 1.82) is 0 Å². The van der Waals surface area contributed by atoms with Gasteiger partial charge < -0.3 is 25.8 Å². The third kappa shape index (κ3) is 8.41. The highest BCUT2D eigenvalue weighted by molar-refractivity contribution is 5.96. The lowest BCUT2D eigenvalue weighted by molar-refractivity contribution is -0.127. The largest absolute Gasteiger partial charge is 0.474 e. The van der Waals surface area contributed by atoms with Gasteiger partial charge in [-0.05, 0) is 64.3 Å². The average Bonchev–Trinajstić information content (AvgIpc) is 3.58. The number of hydrogen-bond donors (Lipinski definition) is 3. The molecule has 6 rings (SSSR count). The highest BCUT2D eigenvalue weighted by Crippen LogP contribution is 2.40. The summed E-state index contributed by atoms with van der Waals surface area (Å²) in [6, 6.07) is 1.66. The summed E-state index contributed by atoms with van der Waals surface area (Å²) in [5.41, 5.74) is 4.90. The number of hydrogen-bond acceptors (Lipinski definition) is 10. The van der Waals surface area contributed by atoms with Crippen molar-refractivity contribution in [2.75, 3.05) is 50.9 Å². The minimum atomic E-state index is -4.57. The molecule has 46 heavy (non-hydrogen) atoms. The van der Waals surface area contributed by atoms with Gasteiger partial charge in [0.1, 0.15) is 34.4 Å². The van der Waals surface area contributed by atoms with E-state index in [1.165, 1.54) is 32.9 Å². The zero-order valence-electron chi connectivity index (χ0n) is 26.9. The van der Waals surface area contributed by atoms with E-state index in [4.69, 9.17) is 15.2 Å². The Bertz CT molecular complexity index is 1480. The number of aryl methyl sites for hydroxylation is 1. The van der Waals surface area contributed by atoms with Crippen LogP contribution in [0.3, 0.4) is 0 Å². The van der Waals surface area contributed by atoms with Crippen molar-refractivity contribution in [3.05, 3.63) is 23.1 Å². The van der Waals surface area contributed by atoms with Crippen LogP contribution < -0.4 is 25.8 Å². The van der Waals surface area contributed by atoms with E-state index in [0.717, 1.165) is 13.0 Å². The van der Waals surface area contributed by atoms with Gasteiger partial charge >= 0.3 is 12.2 Å². The average molecular weight is 655 g/mol. The van der Waals surface area contributed by atoms with Crippen molar-refractivity contribution in [3.63, 3.8) is 0 Å². The monoisotopic (exact) mass is 654 g/mol. The Balaban J connectivity index is 0.000000367. The van der Waals surface area contributed by atoms with Gasteiger partial charge in [0.15, 0.2) is 5.82 Å². The van der Waals surface area contributed by atoms with Crippen molar-refractivity contribution in [1.82, 2.24) is 30.2 Å². The lowest BCUT2D eigenvalue weighted by Crippen LogP contribution is -2.26. The van der Waals surface area contributed by atoms with Crippen LogP contribution in [0.1, 0.15) is 57.7 Å². The fourth-order valence-corrected chi connectivity index (χ4v) is 5.94. The Morgan fingerprint density at radius 1 is 1.11 bits per heavy atom. The molecule has 15 heteroatoms. The normalized spacial score (nSPS) is 21.5. The summed E-state index contributed by atoms with van der Waals surface area (Å²) in [6.45, 7) is 10.8. The van der Waals surface area contributed by atoms with E-state index in [2.05, 4.69) is 35.5 Å². The fraction of sp³-hybridized carbons (Fsp3) is 0.613. The second-order valence-electron chi connectivity index (χ2n) is 11.3. The van der Waals surface area contributed by atoms with Gasteiger partial charge in [0.05, 0.1) is 19.6 Å². The summed E-state index contributed by atoms with van der Waals surface area (Å²) in [4.78, 5) is 19.0. The number of alkyl halides is 4. The van der Waals surface area contributed by atoms with E-state index >= 15 is 4.39 Å². The molecule has 2 fully saturated rings. The zero-order chi connectivity index (χ0) is 33.6. The van der Waals surface area contributed by atoms with Crippen molar-refractivity contribution in [2.45, 2.75) is 84.3 Å². The first-order valence-electron chi connectivity index (χ1n) is 15.7. The van der Waals surface area contributed by atoms with Gasteiger partial charge in [0.2, 0.25) is 5.88 Å². The summed E-state index contributed by atoms with van der Waals surface area (Å²) in [6.07, 6.45) is -2.82. The first kappa shape index (κ1) is 35.3. The maximum atomic E-state index is 16.0. The molecule has 0 amide bonds. The van der Waals surface area contributed by atoms with Crippen LogP contribution in [0.15, 0.2) is 6.07 Å². The Hall–Kier alpha value is -3.59. The Morgan fingerprint density at radius 2 is 1.87 bits per heavy atom. The SMILES string of the molecule is CC.COc1nc2c3c(nc(-c4cc(N)nc(C)c4CC(F)(F)F)c(F)c3n1)OC(C)CCNCCN2.FC1CC2CCCN2C1. The zero-order valence-corrected chi connectivity index (χ0v) is 26.9. The Kier molecular flexibility index (Phi) is 11.8. The van der Waals surface area contributed by atoms with E-state index in [0.29, 0.717) is 38.6 Å². The van der Waals surface area contributed by atoms with Crippen LogP contribution in [0.2, 0.25) is 0 Å². The molecule has 10 nitrogen and oxygen atoms in total. The van der Waals surface area contributed by atoms with Crippen molar-refractivity contribution in [3.8, 4) is 23.1 Å². The quantitative estimate of drug-likeness (QED) is 0.307. The first-order chi connectivity index (χ1) is 21.9. The third-order valence-electron chi connectivity index (χ3n) is 7.99. The summed E-state index contributed by atoms with van der Waals surface area (Å²) in [5.74, 6) is -0.802. The Morgan fingerprint density at radius 3 is 2.57 bits per heavy atom. The van der Waals surface area contributed by atoms with Crippen LogP contribution in [0.5, 0.6) is 11.9 Å². The molecule has 0 radical (unpaired) electrons. The van der Waals surface area contributed by atoms with Crippen LogP contribution in [0, 0.1) is 12.7 Å². The number of rotatable bonds is 3. The van der Waals surface area contributed by atoms with E-state index in [9.17, 15) is 17.6 Å². The topological polar surface area (TPSA) is 123 Å². The van der Waals surface area contributed by atoms with Crippen LogP contribution in [-0.2, 0) is 6.42 Å². The molecule has 6 heterocycles.